The van der Waals surface area contributed by atoms with Crippen molar-refractivity contribution in [3.8, 4) is 0 Å². The molecule has 0 aliphatic heterocycles. The molecule has 0 aromatic heterocycles. The average molecular weight is 214 g/mol. The molecule has 1 aromatic carbocycles. The SMILES string of the molecule is O=C(CCO[SH](=O)=O)c1ccccc1. The molecule has 0 atom stereocenters. The monoisotopic (exact) mass is 214 g/mol. The number of hydrogen-bond donors (Lipinski definition) is 1. The number of thiol groups is 1. The summed E-state index contributed by atoms with van der Waals surface area (Å²) >= 11 is 0. The van der Waals surface area contributed by atoms with Gasteiger partial charge in [-0.1, -0.05) is 30.3 Å². The first-order chi connectivity index (χ1) is 6.70. The number of benzene rings is 1. The van der Waals surface area contributed by atoms with Crippen LogP contribution in [-0.2, 0) is 15.2 Å². The van der Waals surface area contributed by atoms with Gasteiger partial charge in [0.15, 0.2) is 5.78 Å². The van der Waals surface area contributed by atoms with E-state index in [-0.39, 0.29) is 18.8 Å². The van der Waals surface area contributed by atoms with Crippen LogP contribution >= 0.6 is 0 Å². The molecule has 14 heavy (non-hydrogen) atoms. The van der Waals surface area contributed by atoms with Crippen molar-refractivity contribution >= 4 is 16.8 Å². The van der Waals surface area contributed by atoms with Gasteiger partial charge >= 0.3 is 0 Å². The van der Waals surface area contributed by atoms with Gasteiger partial charge in [-0.25, -0.2) is 8.42 Å². The molecule has 0 N–H and O–H groups in total. The second-order valence-corrected chi connectivity index (χ2v) is 3.30. The molecule has 1 rings (SSSR count). The normalized spacial score (nSPS) is 10.4. The van der Waals surface area contributed by atoms with E-state index >= 15 is 0 Å². The lowest BCUT2D eigenvalue weighted by atomic mass is 10.1. The third kappa shape index (κ3) is 3.68. The smallest absolute Gasteiger partial charge is 0.257 e. The van der Waals surface area contributed by atoms with Crippen molar-refractivity contribution in [3.05, 3.63) is 35.9 Å². The summed E-state index contributed by atoms with van der Waals surface area (Å²) < 4.78 is 24.3. The highest BCUT2D eigenvalue weighted by Gasteiger charge is 2.04. The Kier molecular flexibility index (Phi) is 4.28. The third-order valence-corrected chi connectivity index (χ3v) is 2.01. The van der Waals surface area contributed by atoms with Gasteiger partial charge in [-0.3, -0.25) is 8.98 Å². The summed E-state index contributed by atoms with van der Waals surface area (Å²) in [5.41, 5.74) is 0.567. The van der Waals surface area contributed by atoms with Gasteiger partial charge in [0.1, 0.15) is 0 Å². The maximum absolute atomic E-state index is 11.3. The first-order valence-corrected chi connectivity index (χ1v) is 5.15. The van der Waals surface area contributed by atoms with Crippen LogP contribution in [0.2, 0.25) is 0 Å². The molecular formula is C9H10O4S. The predicted molar refractivity (Wildman–Crippen MR) is 51.7 cm³/mol. The molecule has 0 saturated heterocycles. The molecule has 0 bridgehead atoms. The summed E-state index contributed by atoms with van der Waals surface area (Å²) in [5.74, 6) is -0.123. The molecule has 0 radical (unpaired) electrons. The summed E-state index contributed by atoms with van der Waals surface area (Å²) in [4.78, 5) is 11.3. The first-order valence-electron chi connectivity index (χ1n) is 4.05. The van der Waals surface area contributed by atoms with E-state index in [0.29, 0.717) is 5.56 Å². The van der Waals surface area contributed by atoms with E-state index in [1.165, 1.54) is 0 Å². The zero-order valence-corrected chi connectivity index (χ0v) is 8.28. The van der Waals surface area contributed by atoms with Crippen LogP contribution in [0.15, 0.2) is 30.3 Å². The van der Waals surface area contributed by atoms with Gasteiger partial charge in [-0.15, -0.1) is 0 Å². The fourth-order valence-electron chi connectivity index (χ4n) is 0.981. The lowest BCUT2D eigenvalue weighted by molar-refractivity contribution is 0.0965. The number of carbonyl (C=O) groups excluding carboxylic acids is 1. The molecule has 0 spiro atoms. The second-order valence-electron chi connectivity index (χ2n) is 2.60. The van der Waals surface area contributed by atoms with Crippen LogP contribution in [0.5, 0.6) is 0 Å². The Morgan fingerprint density at radius 3 is 2.43 bits per heavy atom. The first kappa shape index (κ1) is 10.9. The van der Waals surface area contributed by atoms with Crippen molar-refractivity contribution in [2.75, 3.05) is 6.61 Å². The highest BCUT2D eigenvalue weighted by Crippen LogP contribution is 2.02. The van der Waals surface area contributed by atoms with Crippen LogP contribution < -0.4 is 0 Å². The molecule has 0 amide bonds. The molecular weight excluding hydrogens is 204 g/mol. The van der Waals surface area contributed by atoms with Gasteiger partial charge in [0, 0.05) is 12.0 Å². The Morgan fingerprint density at radius 2 is 1.86 bits per heavy atom. The van der Waals surface area contributed by atoms with Crippen LogP contribution in [0.3, 0.4) is 0 Å². The average Bonchev–Trinajstić information content (AvgIpc) is 2.18. The standard InChI is InChI=1S/C9H10O4S/c10-9(6-7-13-14(11)12)8-4-2-1-3-5-8/h1-5,14H,6-7H2. The molecule has 5 heteroatoms. The van der Waals surface area contributed by atoms with E-state index in [1.54, 1.807) is 24.3 Å². The van der Waals surface area contributed by atoms with E-state index in [9.17, 15) is 13.2 Å². The number of rotatable bonds is 5. The Bertz CT molecular complexity index is 362. The van der Waals surface area contributed by atoms with Gasteiger partial charge in [-0.05, 0) is 0 Å². The zero-order valence-electron chi connectivity index (χ0n) is 7.38. The van der Waals surface area contributed by atoms with Gasteiger partial charge < -0.3 is 0 Å². The molecule has 4 nitrogen and oxygen atoms in total. The van der Waals surface area contributed by atoms with Crippen molar-refractivity contribution in [1.82, 2.24) is 0 Å². The minimum absolute atomic E-state index is 0.0767. The van der Waals surface area contributed by atoms with Crippen molar-refractivity contribution < 1.29 is 17.4 Å². The largest absolute Gasteiger partial charge is 0.294 e. The molecule has 0 unspecified atom stereocenters. The van der Waals surface area contributed by atoms with Crippen molar-refractivity contribution in [2.45, 2.75) is 6.42 Å². The van der Waals surface area contributed by atoms with Crippen molar-refractivity contribution in [2.24, 2.45) is 0 Å². The van der Waals surface area contributed by atoms with E-state index < -0.39 is 11.0 Å². The summed E-state index contributed by atoms with van der Waals surface area (Å²) in [5, 5.41) is 0. The predicted octanol–water partition coefficient (Wildman–Crippen LogP) is 0.802. The Morgan fingerprint density at radius 1 is 1.21 bits per heavy atom. The lowest BCUT2D eigenvalue weighted by Crippen LogP contribution is -2.03. The maximum Gasteiger partial charge on any atom is 0.257 e. The van der Waals surface area contributed by atoms with Gasteiger partial charge in [0.2, 0.25) is 0 Å². The minimum atomic E-state index is -2.85. The number of Topliss-reactive ketones (excluding diaryl/α,β-unsaturated/α-hetero) is 1. The van der Waals surface area contributed by atoms with Gasteiger partial charge in [-0.2, -0.15) is 0 Å². The minimum Gasteiger partial charge on any atom is -0.294 e. The Balaban J connectivity index is 2.44. The summed E-state index contributed by atoms with van der Waals surface area (Å²) in [6.45, 7) is -0.0908. The number of carbonyl (C=O) groups is 1. The molecule has 0 heterocycles. The molecule has 0 saturated carbocycles. The van der Waals surface area contributed by atoms with Crippen LogP contribution in [0, 0.1) is 0 Å². The molecule has 1 aromatic rings. The highest BCUT2D eigenvalue weighted by molar-refractivity contribution is 7.67. The zero-order chi connectivity index (χ0) is 10.4. The Labute approximate surface area is 83.7 Å². The van der Waals surface area contributed by atoms with E-state index in [0.717, 1.165) is 0 Å². The summed E-state index contributed by atoms with van der Waals surface area (Å²) in [7, 11) is -2.85. The fraction of sp³-hybridized carbons (Fsp3) is 0.222. The second kappa shape index (κ2) is 5.51. The molecule has 0 fully saturated rings. The molecule has 0 aliphatic carbocycles. The third-order valence-electron chi connectivity index (χ3n) is 1.62. The summed E-state index contributed by atoms with van der Waals surface area (Å²) in [6.07, 6.45) is 0.0767. The summed E-state index contributed by atoms with van der Waals surface area (Å²) in [6, 6.07) is 8.67. The Hall–Kier alpha value is -1.20. The van der Waals surface area contributed by atoms with Crippen LogP contribution in [-0.4, -0.2) is 20.8 Å². The number of ketones is 1. The van der Waals surface area contributed by atoms with E-state index in [4.69, 9.17) is 0 Å². The molecule has 0 aliphatic rings. The molecule has 76 valence electrons. The quantitative estimate of drug-likeness (QED) is 0.582. The van der Waals surface area contributed by atoms with Gasteiger partial charge in [0.05, 0.1) is 6.61 Å². The van der Waals surface area contributed by atoms with E-state index in [2.05, 4.69) is 4.18 Å². The van der Waals surface area contributed by atoms with Crippen LogP contribution in [0.25, 0.3) is 0 Å². The fourth-order valence-corrected chi connectivity index (χ4v) is 1.22. The topological polar surface area (TPSA) is 60.4 Å². The van der Waals surface area contributed by atoms with Crippen LogP contribution in [0.4, 0.5) is 0 Å². The van der Waals surface area contributed by atoms with Crippen molar-refractivity contribution in [1.29, 1.82) is 0 Å². The highest BCUT2D eigenvalue weighted by atomic mass is 32.2. The lowest BCUT2D eigenvalue weighted by Gasteiger charge is -1.98. The number of hydrogen-bond acceptors (Lipinski definition) is 4. The van der Waals surface area contributed by atoms with E-state index in [1.807, 2.05) is 6.07 Å². The van der Waals surface area contributed by atoms with Gasteiger partial charge in [0.25, 0.3) is 11.0 Å². The maximum atomic E-state index is 11.3. The van der Waals surface area contributed by atoms with Crippen LogP contribution in [0.1, 0.15) is 16.8 Å². The van der Waals surface area contributed by atoms with Crippen molar-refractivity contribution in [3.63, 3.8) is 0 Å².